The first-order valence-corrected chi connectivity index (χ1v) is 9.09. The Balaban J connectivity index is 1.60. The van der Waals surface area contributed by atoms with Gasteiger partial charge in [0, 0.05) is 11.6 Å². The van der Waals surface area contributed by atoms with Crippen LogP contribution in [-0.4, -0.2) is 32.5 Å². The monoisotopic (exact) mass is 408 g/mol. The minimum absolute atomic E-state index is 0.0321. The van der Waals surface area contributed by atoms with E-state index in [-0.39, 0.29) is 23.2 Å². The van der Waals surface area contributed by atoms with Crippen molar-refractivity contribution in [2.75, 3.05) is 5.32 Å². The van der Waals surface area contributed by atoms with Gasteiger partial charge in [-0.15, -0.1) is 0 Å². The molecule has 9 heteroatoms. The maximum atomic E-state index is 13.0. The van der Waals surface area contributed by atoms with Crippen molar-refractivity contribution in [3.63, 3.8) is 0 Å². The van der Waals surface area contributed by atoms with Crippen LogP contribution >= 0.6 is 0 Å². The molecule has 3 aromatic rings. The SMILES string of the molecule is NC(=O)c1cc(NC2(C(=O)O)CC2)nc(-c2ccc(Oc3ccc(F)cc3)cc2)n1. The van der Waals surface area contributed by atoms with Gasteiger partial charge in [-0.25, -0.2) is 19.2 Å². The molecule has 152 valence electrons. The number of carbonyl (C=O) groups excluding carboxylic acids is 1. The number of amides is 1. The first-order valence-electron chi connectivity index (χ1n) is 9.09. The largest absolute Gasteiger partial charge is 0.480 e. The molecule has 1 heterocycles. The first-order chi connectivity index (χ1) is 14.3. The van der Waals surface area contributed by atoms with Gasteiger partial charge in [-0.3, -0.25) is 4.79 Å². The maximum absolute atomic E-state index is 13.0. The Labute approximate surface area is 170 Å². The zero-order chi connectivity index (χ0) is 21.3. The standard InChI is InChI=1S/C21H17FN4O4/c22-13-3-7-15(8-4-13)30-14-5-1-12(2-6-14)19-24-16(18(23)27)11-17(25-19)26-21(9-10-21)20(28)29/h1-8,11H,9-10H2,(H2,23,27)(H,28,29)(H,24,25,26). The van der Waals surface area contributed by atoms with Crippen molar-refractivity contribution < 1.29 is 23.8 Å². The molecule has 1 saturated carbocycles. The number of nitrogens with zero attached hydrogens (tertiary/aromatic N) is 2. The van der Waals surface area contributed by atoms with Crippen LogP contribution < -0.4 is 15.8 Å². The molecule has 8 nitrogen and oxygen atoms in total. The Kier molecular flexibility index (Phi) is 4.78. The highest BCUT2D eigenvalue weighted by Crippen LogP contribution is 2.39. The summed E-state index contributed by atoms with van der Waals surface area (Å²) in [6.45, 7) is 0. The summed E-state index contributed by atoms with van der Waals surface area (Å²) in [5, 5.41) is 12.2. The molecule has 4 N–H and O–H groups in total. The molecule has 2 aromatic carbocycles. The molecule has 30 heavy (non-hydrogen) atoms. The third-order valence-electron chi connectivity index (χ3n) is 4.67. The van der Waals surface area contributed by atoms with Gasteiger partial charge in [-0.1, -0.05) is 0 Å². The van der Waals surface area contributed by atoms with Gasteiger partial charge in [0.1, 0.15) is 34.4 Å². The maximum Gasteiger partial charge on any atom is 0.329 e. The highest BCUT2D eigenvalue weighted by molar-refractivity contribution is 5.92. The van der Waals surface area contributed by atoms with Crippen molar-refractivity contribution in [2.24, 2.45) is 5.73 Å². The van der Waals surface area contributed by atoms with E-state index in [1.165, 1.54) is 30.3 Å². The fourth-order valence-corrected chi connectivity index (χ4v) is 2.84. The van der Waals surface area contributed by atoms with E-state index in [2.05, 4.69) is 15.3 Å². The molecular formula is C21H17FN4O4. The second-order valence-electron chi connectivity index (χ2n) is 6.92. The van der Waals surface area contributed by atoms with Gasteiger partial charge in [0.2, 0.25) is 0 Å². The fraction of sp³-hybridized carbons (Fsp3) is 0.143. The molecule has 1 amide bonds. The summed E-state index contributed by atoms with van der Waals surface area (Å²) in [4.78, 5) is 31.6. The van der Waals surface area contributed by atoms with E-state index in [1.807, 2.05) is 0 Å². The van der Waals surface area contributed by atoms with E-state index < -0.39 is 17.4 Å². The van der Waals surface area contributed by atoms with Gasteiger partial charge >= 0.3 is 5.97 Å². The average Bonchev–Trinajstić information content (AvgIpc) is 3.51. The lowest BCUT2D eigenvalue weighted by molar-refractivity contribution is -0.138. The van der Waals surface area contributed by atoms with Gasteiger partial charge in [0.15, 0.2) is 5.82 Å². The van der Waals surface area contributed by atoms with E-state index in [4.69, 9.17) is 10.5 Å². The van der Waals surface area contributed by atoms with Crippen LogP contribution in [0.2, 0.25) is 0 Å². The Morgan fingerprint density at radius 3 is 2.17 bits per heavy atom. The van der Waals surface area contributed by atoms with Crippen LogP contribution in [-0.2, 0) is 4.79 Å². The number of anilines is 1. The summed E-state index contributed by atoms with van der Waals surface area (Å²) in [5.41, 5.74) is 4.84. The number of nitrogens with one attached hydrogen (secondary N) is 1. The molecule has 0 radical (unpaired) electrons. The van der Waals surface area contributed by atoms with Crippen molar-refractivity contribution >= 4 is 17.7 Å². The summed E-state index contributed by atoms with van der Waals surface area (Å²) < 4.78 is 18.7. The number of hydrogen-bond acceptors (Lipinski definition) is 6. The van der Waals surface area contributed by atoms with Gasteiger partial charge in [-0.2, -0.15) is 0 Å². The Morgan fingerprint density at radius 2 is 1.63 bits per heavy atom. The number of ether oxygens (including phenoxy) is 1. The van der Waals surface area contributed by atoms with Crippen LogP contribution in [0.25, 0.3) is 11.4 Å². The fourth-order valence-electron chi connectivity index (χ4n) is 2.84. The van der Waals surface area contributed by atoms with Gasteiger partial charge < -0.3 is 20.9 Å². The number of aromatic nitrogens is 2. The predicted octanol–water partition coefficient (Wildman–Crippen LogP) is 3.20. The summed E-state index contributed by atoms with van der Waals surface area (Å²) in [5.74, 6) is -0.680. The number of primary amides is 1. The second kappa shape index (κ2) is 7.43. The zero-order valence-electron chi connectivity index (χ0n) is 15.6. The summed E-state index contributed by atoms with van der Waals surface area (Å²) in [7, 11) is 0. The van der Waals surface area contributed by atoms with E-state index >= 15 is 0 Å². The lowest BCUT2D eigenvalue weighted by atomic mass is 10.2. The number of carboxylic acids is 1. The van der Waals surface area contributed by atoms with Crippen LogP contribution in [0.5, 0.6) is 11.5 Å². The van der Waals surface area contributed by atoms with Crippen molar-refractivity contribution in [3.8, 4) is 22.9 Å². The first kappa shape index (κ1) is 19.3. The molecule has 1 aliphatic rings. The normalized spacial score (nSPS) is 14.0. The number of benzene rings is 2. The summed E-state index contributed by atoms with van der Waals surface area (Å²) in [6, 6.07) is 13.7. The molecule has 0 unspecified atom stereocenters. The third-order valence-corrected chi connectivity index (χ3v) is 4.67. The topological polar surface area (TPSA) is 127 Å². The van der Waals surface area contributed by atoms with Crippen LogP contribution in [0, 0.1) is 5.82 Å². The van der Waals surface area contributed by atoms with Crippen molar-refractivity contribution in [3.05, 3.63) is 66.1 Å². The number of carbonyl (C=O) groups is 2. The number of nitrogens with two attached hydrogens (primary N) is 1. The van der Waals surface area contributed by atoms with Crippen LogP contribution in [0.3, 0.4) is 0 Å². The zero-order valence-corrected chi connectivity index (χ0v) is 15.6. The lowest BCUT2D eigenvalue weighted by Crippen LogP contribution is -2.32. The number of halogens is 1. The molecule has 0 atom stereocenters. The molecule has 4 rings (SSSR count). The second-order valence-corrected chi connectivity index (χ2v) is 6.92. The molecular weight excluding hydrogens is 391 g/mol. The van der Waals surface area contributed by atoms with Gasteiger partial charge in [0.05, 0.1) is 0 Å². The van der Waals surface area contributed by atoms with E-state index in [0.717, 1.165) is 0 Å². The Bertz CT molecular complexity index is 1110. The predicted molar refractivity (Wildman–Crippen MR) is 106 cm³/mol. The lowest BCUT2D eigenvalue weighted by Gasteiger charge is -2.14. The van der Waals surface area contributed by atoms with Crippen LogP contribution in [0.15, 0.2) is 54.6 Å². The van der Waals surface area contributed by atoms with Gasteiger partial charge in [0.25, 0.3) is 5.91 Å². The summed E-state index contributed by atoms with van der Waals surface area (Å²) >= 11 is 0. The van der Waals surface area contributed by atoms with Crippen LogP contribution in [0.1, 0.15) is 23.3 Å². The van der Waals surface area contributed by atoms with Crippen molar-refractivity contribution in [1.29, 1.82) is 0 Å². The van der Waals surface area contributed by atoms with Crippen molar-refractivity contribution in [2.45, 2.75) is 18.4 Å². The molecule has 1 aromatic heterocycles. The highest BCUT2D eigenvalue weighted by atomic mass is 19.1. The third kappa shape index (κ3) is 4.04. The molecule has 0 aliphatic heterocycles. The Hall–Kier alpha value is -4.01. The molecule has 1 fully saturated rings. The number of aliphatic carboxylic acids is 1. The Morgan fingerprint density at radius 1 is 1.03 bits per heavy atom. The van der Waals surface area contributed by atoms with E-state index in [0.29, 0.717) is 29.9 Å². The number of rotatable bonds is 7. The number of hydrogen-bond donors (Lipinski definition) is 3. The van der Waals surface area contributed by atoms with E-state index in [1.54, 1.807) is 24.3 Å². The smallest absolute Gasteiger partial charge is 0.329 e. The van der Waals surface area contributed by atoms with E-state index in [9.17, 15) is 19.1 Å². The molecule has 0 bridgehead atoms. The minimum Gasteiger partial charge on any atom is -0.480 e. The highest BCUT2D eigenvalue weighted by Gasteiger charge is 2.50. The van der Waals surface area contributed by atoms with Crippen molar-refractivity contribution in [1.82, 2.24) is 9.97 Å². The quantitative estimate of drug-likeness (QED) is 0.548. The van der Waals surface area contributed by atoms with Gasteiger partial charge in [-0.05, 0) is 61.4 Å². The number of carboxylic acid groups (broad SMARTS) is 1. The molecule has 1 aliphatic carbocycles. The molecule has 0 saturated heterocycles. The van der Waals surface area contributed by atoms with Crippen LogP contribution in [0.4, 0.5) is 10.2 Å². The minimum atomic E-state index is -1.08. The summed E-state index contributed by atoms with van der Waals surface area (Å²) in [6.07, 6.45) is 0.923. The average molecular weight is 408 g/mol. The molecule has 0 spiro atoms.